The Balaban J connectivity index is 1.82. The minimum atomic E-state index is -0.965. The first-order valence-electron chi connectivity index (χ1n) is 11.0. The quantitative estimate of drug-likeness (QED) is 0.652. The minimum absolute atomic E-state index is 0.0194. The summed E-state index contributed by atoms with van der Waals surface area (Å²) in [6.07, 6.45) is 2.53. The van der Waals surface area contributed by atoms with Gasteiger partial charge in [-0.3, -0.25) is 9.69 Å². The Morgan fingerprint density at radius 1 is 1.25 bits per heavy atom. The van der Waals surface area contributed by atoms with Crippen molar-refractivity contribution in [2.24, 2.45) is 5.41 Å². The van der Waals surface area contributed by atoms with Crippen LogP contribution in [0, 0.1) is 5.41 Å². The van der Waals surface area contributed by atoms with Gasteiger partial charge in [-0.05, 0) is 43.0 Å². The molecule has 0 bridgehead atoms. The van der Waals surface area contributed by atoms with E-state index in [4.69, 9.17) is 14.6 Å². The van der Waals surface area contributed by atoms with Crippen molar-refractivity contribution >= 4 is 5.91 Å². The van der Waals surface area contributed by atoms with Crippen LogP contribution in [-0.2, 0) is 11.3 Å². The van der Waals surface area contributed by atoms with Gasteiger partial charge in [0.25, 0.3) is 0 Å². The molecule has 1 amide bonds. The maximum absolute atomic E-state index is 12.5. The van der Waals surface area contributed by atoms with Gasteiger partial charge in [-0.25, -0.2) is 4.98 Å². The number of carbonyl (C=O) groups excluding carboxylic acids is 1. The normalized spacial score (nSPS) is 17.8. The molecule has 32 heavy (non-hydrogen) atoms. The number of aliphatic hydroxyl groups is 2. The number of nitrogens with zero attached hydrogens (tertiary/aromatic N) is 2. The van der Waals surface area contributed by atoms with Gasteiger partial charge in [-0.15, -0.1) is 0 Å². The molecule has 0 radical (unpaired) electrons. The molecule has 8 nitrogen and oxygen atoms in total. The molecule has 2 heterocycles. The predicted octanol–water partition coefficient (Wildman–Crippen LogP) is 2.34. The van der Waals surface area contributed by atoms with Crippen LogP contribution in [0.4, 0.5) is 0 Å². The highest BCUT2D eigenvalue weighted by Gasteiger charge is 2.23. The molecular formula is C24H33N3O5. The van der Waals surface area contributed by atoms with Crippen LogP contribution < -0.4 is 14.8 Å². The molecule has 3 rings (SSSR count). The van der Waals surface area contributed by atoms with Crippen LogP contribution in [0.15, 0.2) is 42.6 Å². The number of ether oxygens (including phenoxy) is 2. The third-order valence-corrected chi connectivity index (χ3v) is 5.36. The summed E-state index contributed by atoms with van der Waals surface area (Å²) in [4.78, 5) is 18.9. The van der Waals surface area contributed by atoms with E-state index in [9.17, 15) is 9.90 Å². The summed E-state index contributed by atoms with van der Waals surface area (Å²) in [7, 11) is 0. The summed E-state index contributed by atoms with van der Waals surface area (Å²) < 4.78 is 12.3. The molecule has 0 fully saturated rings. The largest absolute Gasteiger partial charge is 0.489 e. The molecule has 3 N–H and O–H groups in total. The summed E-state index contributed by atoms with van der Waals surface area (Å²) >= 11 is 0. The average Bonchev–Trinajstić information content (AvgIpc) is 2.78. The number of amides is 1. The van der Waals surface area contributed by atoms with Gasteiger partial charge in [0.05, 0.1) is 25.9 Å². The lowest BCUT2D eigenvalue weighted by atomic mass is 9.88. The Kier molecular flexibility index (Phi) is 8.44. The van der Waals surface area contributed by atoms with Crippen molar-refractivity contribution in [2.75, 3.05) is 32.8 Å². The number of aliphatic hydroxyl groups excluding tert-OH is 2. The fourth-order valence-electron chi connectivity index (χ4n) is 3.53. The molecule has 1 atom stereocenters. The second-order valence-corrected chi connectivity index (χ2v) is 8.92. The van der Waals surface area contributed by atoms with E-state index in [1.54, 1.807) is 6.20 Å². The van der Waals surface area contributed by atoms with E-state index < -0.39 is 6.10 Å². The van der Waals surface area contributed by atoms with E-state index in [1.165, 1.54) is 0 Å². The summed E-state index contributed by atoms with van der Waals surface area (Å²) in [6.45, 7) is 5.87. The van der Waals surface area contributed by atoms with Gasteiger partial charge in [0.15, 0.2) is 11.5 Å². The maximum Gasteiger partial charge on any atom is 0.234 e. The van der Waals surface area contributed by atoms with E-state index in [-0.39, 0.29) is 31.0 Å². The number of hydrogen-bond donors (Lipinski definition) is 3. The van der Waals surface area contributed by atoms with Crippen LogP contribution in [0.25, 0.3) is 0 Å². The molecule has 174 valence electrons. The minimum Gasteiger partial charge on any atom is -0.489 e. The number of para-hydroxylation sites is 2. The molecule has 1 unspecified atom stereocenters. The Labute approximate surface area is 189 Å². The highest BCUT2D eigenvalue weighted by Crippen LogP contribution is 2.34. The lowest BCUT2D eigenvalue weighted by Crippen LogP contribution is -2.41. The van der Waals surface area contributed by atoms with Gasteiger partial charge in [-0.1, -0.05) is 32.0 Å². The van der Waals surface area contributed by atoms with Gasteiger partial charge in [-0.2, -0.15) is 0 Å². The summed E-state index contributed by atoms with van der Waals surface area (Å²) in [5.41, 5.74) is 0.815. The molecule has 0 aliphatic carbocycles. The van der Waals surface area contributed by atoms with Crippen LogP contribution in [0.5, 0.6) is 17.4 Å². The first-order chi connectivity index (χ1) is 15.4. The molecule has 0 saturated heterocycles. The number of carbonyl (C=O) groups is 1. The molecule has 8 heteroatoms. The zero-order valence-corrected chi connectivity index (χ0v) is 18.8. The van der Waals surface area contributed by atoms with Gasteiger partial charge in [0, 0.05) is 24.8 Å². The number of benzene rings is 1. The van der Waals surface area contributed by atoms with Crippen molar-refractivity contribution in [1.29, 1.82) is 0 Å². The van der Waals surface area contributed by atoms with Crippen molar-refractivity contribution in [3.05, 3.63) is 48.2 Å². The Morgan fingerprint density at radius 3 is 2.81 bits per heavy atom. The topological polar surface area (TPSA) is 104 Å². The summed E-state index contributed by atoms with van der Waals surface area (Å²) in [5, 5.41) is 21.1. The van der Waals surface area contributed by atoms with Crippen LogP contribution in [0.1, 0.15) is 32.3 Å². The van der Waals surface area contributed by atoms with Gasteiger partial charge in [0.1, 0.15) is 0 Å². The smallest absolute Gasteiger partial charge is 0.234 e. The lowest BCUT2D eigenvalue weighted by molar-refractivity contribution is -0.123. The SMILES string of the molecule is CC1(C)CCCN(CC(=O)NCC(O)CO)Cc2cccnc2Oc2ccccc2OC1. The highest BCUT2D eigenvalue weighted by molar-refractivity contribution is 5.78. The molecular weight excluding hydrogens is 410 g/mol. The second kappa shape index (κ2) is 11.3. The molecule has 1 aliphatic rings. The first kappa shape index (κ1) is 24.0. The first-order valence-corrected chi connectivity index (χ1v) is 11.0. The van der Waals surface area contributed by atoms with Crippen LogP contribution in [0.3, 0.4) is 0 Å². The molecule has 0 saturated carbocycles. The second-order valence-electron chi connectivity index (χ2n) is 8.92. The van der Waals surface area contributed by atoms with Crippen LogP contribution >= 0.6 is 0 Å². The van der Waals surface area contributed by atoms with Crippen molar-refractivity contribution in [2.45, 2.75) is 39.3 Å². The van der Waals surface area contributed by atoms with E-state index in [0.717, 1.165) is 18.4 Å². The molecule has 1 aromatic heterocycles. The third-order valence-electron chi connectivity index (χ3n) is 5.36. The van der Waals surface area contributed by atoms with Gasteiger partial charge >= 0.3 is 0 Å². The predicted molar refractivity (Wildman–Crippen MR) is 121 cm³/mol. The highest BCUT2D eigenvalue weighted by atomic mass is 16.5. The van der Waals surface area contributed by atoms with Crippen LogP contribution in [0.2, 0.25) is 0 Å². The lowest BCUT2D eigenvalue weighted by Gasteiger charge is -2.27. The zero-order valence-electron chi connectivity index (χ0n) is 18.8. The number of fused-ring (bicyclic) bond motifs is 2. The molecule has 2 aromatic rings. The van der Waals surface area contributed by atoms with Crippen molar-refractivity contribution in [3.8, 4) is 17.4 Å². The molecule has 1 aliphatic heterocycles. The third kappa shape index (κ3) is 7.19. The Morgan fingerprint density at radius 2 is 2.03 bits per heavy atom. The van der Waals surface area contributed by atoms with E-state index in [0.29, 0.717) is 37.1 Å². The number of hydrogen-bond acceptors (Lipinski definition) is 7. The summed E-state index contributed by atoms with van der Waals surface area (Å²) in [5.74, 6) is 1.55. The molecule has 1 aromatic carbocycles. The van der Waals surface area contributed by atoms with Crippen molar-refractivity contribution < 1.29 is 24.5 Å². The van der Waals surface area contributed by atoms with E-state index in [1.807, 2.05) is 41.3 Å². The van der Waals surface area contributed by atoms with Crippen LogP contribution in [-0.4, -0.2) is 65.0 Å². The van der Waals surface area contributed by atoms with Crippen molar-refractivity contribution in [1.82, 2.24) is 15.2 Å². The van der Waals surface area contributed by atoms with Crippen molar-refractivity contribution in [3.63, 3.8) is 0 Å². The average molecular weight is 444 g/mol. The summed E-state index contributed by atoms with van der Waals surface area (Å²) in [6, 6.07) is 11.4. The van der Waals surface area contributed by atoms with Gasteiger partial charge in [0.2, 0.25) is 11.8 Å². The standard InChI is InChI=1S/C24H33N3O5/c1-24(2)10-6-12-27(15-22(30)26-13-19(29)16-28)14-18-7-5-11-25-23(18)32-21-9-4-3-8-20(21)31-17-24/h3-5,7-9,11,19,28-29H,6,10,12-17H2,1-2H3,(H,26,30). The number of rotatable bonds is 5. The number of pyridine rings is 1. The monoisotopic (exact) mass is 443 g/mol. The Bertz CT molecular complexity index is 889. The Hall–Kier alpha value is -2.68. The molecule has 0 spiro atoms. The zero-order chi connectivity index (χ0) is 23.0. The fourth-order valence-corrected chi connectivity index (χ4v) is 3.53. The number of aromatic nitrogens is 1. The van der Waals surface area contributed by atoms with E-state index >= 15 is 0 Å². The fraction of sp³-hybridized carbons (Fsp3) is 0.500. The van der Waals surface area contributed by atoms with Gasteiger partial charge < -0.3 is 25.0 Å². The maximum atomic E-state index is 12.5. The van der Waals surface area contributed by atoms with E-state index in [2.05, 4.69) is 24.1 Å². The number of nitrogens with one attached hydrogen (secondary N) is 1.